The molecule has 0 unspecified atom stereocenters. The molecule has 2 amide bonds. The number of likely N-dealkylation sites (tertiary alicyclic amines) is 1. The van der Waals surface area contributed by atoms with Gasteiger partial charge in [-0.15, -0.1) is 0 Å². The van der Waals surface area contributed by atoms with Crippen molar-refractivity contribution in [1.82, 2.24) is 4.90 Å². The van der Waals surface area contributed by atoms with Crippen molar-refractivity contribution in [2.45, 2.75) is 46.5 Å². The number of nitrogens with zero attached hydrogens (tertiary/aromatic N) is 1. The number of hydrogen-bond acceptors (Lipinski definition) is 2. The molecule has 0 bridgehead atoms. The zero-order chi connectivity index (χ0) is 19.4. The predicted molar refractivity (Wildman–Crippen MR) is 109 cm³/mol. The topological polar surface area (TPSA) is 49.4 Å². The summed E-state index contributed by atoms with van der Waals surface area (Å²) in [5, 5.41) is 3.01. The van der Waals surface area contributed by atoms with Crippen LogP contribution in [0.1, 0.15) is 63.1 Å². The molecule has 0 aromatic heterocycles. The molecule has 1 aliphatic heterocycles. The predicted octanol–water partition coefficient (Wildman–Crippen LogP) is 4.88. The summed E-state index contributed by atoms with van der Waals surface area (Å²) in [4.78, 5) is 27.2. The van der Waals surface area contributed by atoms with Gasteiger partial charge in [0.15, 0.2) is 0 Å². The van der Waals surface area contributed by atoms with Gasteiger partial charge >= 0.3 is 0 Å². The van der Waals surface area contributed by atoms with Crippen molar-refractivity contribution in [1.29, 1.82) is 0 Å². The number of benzene rings is 2. The second kappa shape index (κ2) is 8.38. The van der Waals surface area contributed by atoms with Gasteiger partial charge < -0.3 is 10.2 Å². The van der Waals surface area contributed by atoms with E-state index in [1.165, 1.54) is 18.4 Å². The number of carbonyl (C=O) groups is 2. The van der Waals surface area contributed by atoms with Crippen LogP contribution in [0, 0.1) is 20.8 Å². The summed E-state index contributed by atoms with van der Waals surface area (Å²) in [5.74, 6) is -0.0899. The summed E-state index contributed by atoms with van der Waals surface area (Å²) in [5.41, 5.74) is 5.34. The van der Waals surface area contributed by atoms with Crippen molar-refractivity contribution in [3.05, 3.63) is 64.2 Å². The fraction of sp³-hybridized carbons (Fsp3) is 0.391. The lowest BCUT2D eigenvalue weighted by Crippen LogP contribution is -2.31. The van der Waals surface area contributed by atoms with Crippen LogP contribution in [0.4, 0.5) is 5.69 Å². The Balaban J connectivity index is 1.71. The van der Waals surface area contributed by atoms with Crippen LogP contribution in [0.5, 0.6) is 0 Å². The SMILES string of the molecule is Cc1cc(C)c(NC(=O)c2ccc(C(=O)N3CCCCCC3)cc2)c(C)c1. The molecule has 0 aliphatic carbocycles. The van der Waals surface area contributed by atoms with E-state index in [9.17, 15) is 9.59 Å². The zero-order valence-corrected chi connectivity index (χ0v) is 16.5. The zero-order valence-electron chi connectivity index (χ0n) is 16.5. The number of rotatable bonds is 3. The fourth-order valence-corrected chi connectivity index (χ4v) is 3.78. The van der Waals surface area contributed by atoms with Crippen molar-refractivity contribution in [2.75, 3.05) is 18.4 Å². The monoisotopic (exact) mass is 364 g/mol. The van der Waals surface area contributed by atoms with Crippen LogP contribution in [0.15, 0.2) is 36.4 Å². The van der Waals surface area contributed by atoms with Gasteiger partial charge in [-0.2, -0.15) is 0 Å². The van der Waals surface area contributed by atoms with E-state index in [2.05, 4.69) is 17.4 Å². The third kappa shape index (κ3) is 4.57. The molecule has 0 saturated carbocycles. The van der Waals surface area contributed by atoms with E-state index < -0.39 is 0 Å². The van der Waals surface area contributed by atoms with Gasteiger partial charge in [0.05, 0.1) is 0 Å². The van der Waals surface area contributed by atoms with Crippen molar-refractivity contribution >= 4 is 17.5 Å². The summed E-state index contributed by atoms with van der Waals surface area (Å²) in [6.45, 7) is 7.70. The molecule has 0 radical (unpaired) electrons. The second-order valence-electron chi connectivity index (χ2n) is 7.51. The molecule has 1 heterocycles. The molecule has 1 aliphatic rings. The molecule has 2 aromatic carbocycles. The van der Waals surface area contributed by atoms with Crippen molar-refractivity contribution in [3.8, 4) is 0 Å². The highest BCUT2D eigenvalue weighted by molar-refractivity contribution is 6.05. The van der Waals surface area contributed by atoms with Crippen LogP contribution in [0.25, 0.3) is 0 Å². The lowest BCUT2D eigenvalue weighted by Gasteiger charge is -2.20. The van der Waals surface area contributed by atoms with E-state index in [0.29, 0.717) is 11.1 Å². The first-order chi connectivity index (χ1) is 13.0. The van der Waals surface area contributed by atoms with Crippen LogP contribution >= 0.6 is 0 Å². The number of hydrogen-bond donors (Lipinski definition) is 1. The standard InChI is InChI=1S/C23H28N2O2/c1-16-14-17(2)21(18(3)15-16)24-22(26)19-8-10-20(11-9-19)23(27)25-12-6-4-5-7-13-25/h8-11,14-15H,4-7,12-13H2,1-3H3,(H,24,26). The molecule has 1 saturated heterocycles. The highest BCUT2D eigenvalue weighted by Crippen LogP contribution is 2.23. The second-order valence-corrected chi connectivity index (χ2v) is 7.51. The minimum absolute atomic E-state index is 0.0640. The first-order valence-electron chi connectivity index (χ1n) is 9.74. The summed E-state index contributed by atoms with van der Waals surface area (Å²) < 4.78 is 0. The van der Waals surface area contributed by atoms with Gasteiger partial charge in [0.2, 0.25) is 0 Å². The van der Waals surface area contributed by atoms with Crippen LogP contribution in [-0.4, -0.2) is 29.8 Å². The van der Waals surface area contributed by atoms with Crippen molar-refractivity contribution < 1.29 is 9.59 Å². The number of amides is 2. The van der Waals surface area contributed by atoms with Crippen LogP contribution in [-0.2, 0) is 0 Å². The van der Waals surface area contributed by atoms with Crippen LogP contribution in [0.3, 0.4) is 0 Å². The van der Waals surface area contributed by atoms with Gasteiger partial charge in [0.1, 0.15) is 0 Å². The maximum atomic E-state index is 12.7. The molecular weight excluding hydrogens is 336 g/mol. The van der Waals surface area contributed by atoms with E-state index in [0.717, 1.165) is 42.7 Å². The molecule has 142 valence electrons. The van der Waals surface area contributed by atoms with E-state index in [4.69, 9.17) is 0 Å². The number of aryl methyl sites for hydroxylation is 3. The molecule has 3 rings (SSSR count). The van der Waals surface area contributed by atoms with Crippen molar-refractivity contribution in [3.63, 3.8) is 0 Å². The molecule has 1 N–H and O–H groups in total. The van der Waals surface area contributed by atoms with Crippen LogP contribution < -0.4 is 5.32 Å². The normalized spacial score (nSPS) is 14.6. The third-order valence-corrected chi connectivity index (χ3v) is 5.20. The van der Waals surface area contributed by atoms with Gasteiger partial charge in [-0.3, -0.25) is 9.59 Å². The largest absolute Gasteiger partial charge is 0.339 e. The average molecular weight is 364 g/mol. The minimum atomic E-state index is -0.154. The Labute approximate surface area is 161 Å². The van der Waals surface area contributed by atoms with E-state index in [1.807, 2.05) is 25.7 Å². The molecular formula is C23H28N2O2. The highest BCUT2D eigenvalue weighted by atomic mass is 16.2. The van der Waals surface area contributed by atoms with E-state index in [-0.39, 0.29) is 11.8 Å². The van der Waals surface area contributed by atoms with Gasteiger partial charge in [-0.25, -0.2) is 0 Å². The molecule has 4 heteroatoms. The molecule has 0 atom stereocenters. The smallest absolute Gasteiger partial charge is 0.255 e. The Morgan fingerprint density at radius 1 is 0.815 bits per heavy atom. The Morgan fingerprint density at radius 3 is 1.89 bits per heavy atom. The van der Waals surface area contributed by atoms with E-state index in [1.54, 1.807) is 24.3 Å². The number of nitrogens with one attached hydrogen (secondary N) is 1. The van der Waals surface area contributed by atoms with Crippen molar-refractivity contribution in [2.24, 2.45) is 0 Å². The summed E-state index contributed by atoms with van der Waals surface area (Å²) in [7, 11) is 0. The molecule has 4 nitrogen and oxygen atoms in total. The molecule has 1 fully saturated rings. The maximum Gasteiger partial charge on any atom is 0.255 e. The number of anilines is 1. The average Bonchev–Trinajstić information content (AvgIpc) is 2.93. The minimum Gasteiger partial charge on any atom is -0.339 e. The number of carbonyl (C=O) groups excluding carboxylic acids is 2. The Hall–Kier alpha value is -2.62. The van der Waals surface area contributed by atoms with Gasteiger partial charge in [-0.05, 0) is 69.0 Å². The Morgan fingerprint density at radius 2 is 1.33 bits per heavy atom. The van der Waals surface area contributed by atoms with Gasteiger partial charge in [0, 0.05) is 29.9 Å². The molecule has 0 spiro atoms. The highest BCUT2D eigenvalue weighted by Gasteiger charge is 2.18. The lowest BCUT2D eigenvalue weighted by atomic mass is 10.0. The first-order valence-corrected chi connectivity index (χ1v) is 9.74. The third-order valence-electron chi connectivity index (χ3n) is 5.20. The Kier molecular flexibility index (Phi) is 5.94. The summed E-state index contributed by atoms with van der Waals surface area (Å²) in [6, 6.07) is 11.1. The van der Waals surface area contributed by atoms with Crippen LogP contribution in [0.2, 0.25) is 0 Å². The van der Waals surface area contributed by atoms with E-state index >= 15 is 0 Å². The fourth-order valence-electron chi connectivity index (χ4n) is 3.78. The Bertz CT molecular complexity index is 809. The van der Waals surface area contributed by atoms with Gasteiger partial charge in [-0.1, -0.05) is 30.5 Å². The summed E-state index contributed by atoms with van der Waals surface area (Å²) >= 11 is 0. The first kappa shape index (κ1) is 19.2. The molecule has 27 heavy (non-hydrogen) atoms. The van der Waals surface area contributed by atoms with Gasteiger partial charge in [0.25, 0.3) is 11.8 Å². The lowest BCUT2D eigenvalue weighted by molar-refractivity contribution is 0.0761. The maximum absolute atomic E-state index is 12.7. The quantitative estimate of drug-likeness (QED) is 0.844. The molecule has 2 aromatic rings. The summed E-state index contributed by atoms with van der Waals surface area (Å²) in [6.07, 6.45) is 4.53.